The number of rotatable bonds is 7. The Hall–Kier alpha value is -3.79. The van der Waals surface area contributed by atoms with E-state index < -0.39 is 0 Å². The maximum absolute atomic E-state index is 13.1. The summed E-state index contributed by atoms with van der Waals surface area (Å²) in [6.45, 7) is 6.27. The molecule has 3 aromatic heterocycles. The Balaban J connectivity index is 1.48. The summed E-state index contributed by atoms with van der Waals surface area (Å²) in [5.41, 5.74) is 1.25. The molecule has 0 amide bonds. The van der Waals surface area contributed by atoms with E-state index in [-0.39, 0.29) is 22.6 Å². The van der Waals surface area contributed by atoms with Crippen molar-refractivity contribution in [2.24, 2.45) is 0 Å². The highest BCUT2D eigenvalue weighted by molar-refractivity contribution is 7.99. The molecule has 0 aliphatic heterocycles. The van der Waals surface area contributed by atoms with Gasteiger partial charge in [0.2, 0.25) is 5.89 Å². The van der Waals surface area contributed by atoms with Gasteiger partial charge in [0.25, 0.3) is 16.7 Å². The fourth-order valence-corrected chi connectivity index (χ4v) is 4.17. The Morgan fingerprint density at radius 2 is 1.71 bits per heavy atom. The van der Waals surface area contributed by atoms with Crippen LogP contribution in [0, 0.1) is 0 Å². The minimum absolute atomic E-state index is 0.176. The number of hydrogen-bond acceptors (Lipinski definition) is 9. The average Bonchev–Trinajstić information content (AvgIpc) is 3.52. The zero-order valence-electron chi connectivity index (χ0n) is 18.9. The Kier molecular flexibility index (Phi) is 5.97. The van der Waals surface area contributed by atoms with Crippen LogP contribution in [0.1, 0.15) is 49.2 Å². The van der Waals surface area contributed by atoms with Gasteiger partial charge in [-0.25, -0.2) is 4.68 Å². The lowest BCUT2D eigenvalue weighted by Gasteiger charge is -2.09. The summed E-state index contributed by atoms with van der Waals surface area (Å²) in [6, 6.07) is 17.0. The number of fused-ring (bicyclic) bond motifs is 1. The lowest BCUT2D eigenvalue weighted by Crippen LogP contribution is -2.24. The molecular formula is C24H22N6O3S. The predicted molar refractivity (Wildman–Crippen MR) is 127 cm³/mol. The Morgan fingerprint density at radius 1 is 0.971 bits per heavy atom. The molecule has 0 radical (unpaired) electrons. The fourth-order valence-electron chi connectivity index (χ4n) is 3.46. The lowest BCUT2D eigenvalue weighted by atomic mass is 10.1. The van der Waals surface area contributed by atoms with Gasteiger partial charge < -0.3 is 8.94 Å². The SMILES string of the molecule is CC(C)c1noc(C(C)Sc2nnc(-c3nn(Cc4ccccc4)c(=O)c4ccccc34)o2)n1. The highest BCUT2D eigenvalue weighted by Crippen LogP contribution is 2.35. The van der Waals surface area contributed by atoms with Crippen molar-refractivity contribution in [2.75, 3.05) is 0 Å². The molecule has 1 atom stereocenters. The van der Waals surface area contributed by atoms with Gasteiger partial charge in [0.15, 0.2) is 11.5 Å². The summed E-state index contributed by atoms with van der Waals surface area (Å²) in [7, 11) is 0. The smallest absolute Gasteiger partial charge is 0.277 e. The van der Waals surface area contributed by atoms with Crippen LogP contribution in [0.2, 0.25) is 0 Å². The van der Waals surface area contributed by atoms with E-state index >= 15 is 0 Å². The summed E-state index contributed by atoms with van der Waals surface area (Å²) < 4.78 is 12.7. The third-order valence-corrected chi connectivity index (χ3v) is 6.17. The van der Waals surface area contributed by atoms with Crippen molar-refractivity contribution in [1.29, 1.82) is 0 Å². The highest BCUT2D eigenvalue weighted by Gasteiger charge is 2.22. The van der Waals surface area contributed by atoms with Crippen LogP contribution in [0.15, 0.2) is 73.6 Å². The maximum atomic E-state index is 13.1. The van der Waals surface area contributed by atoms with Crippen LogP contribution in [0.4, 0.5) is 0 Å². The van der Waals surface area contributed by atoms with Crippen LogP contribution in [-0.4, -0.2) is 30.1 Å². The number of thioether (sulfide) groups is 1. The Morgan fingerprint density at radius 3 is 2.44 bits per heavy atom. The molecule has 5 aromatic rings. The molecule has 0 aliphatic rings. The molecule has 1 unspecified atom stereocenters. The second kappa shape index (κ2) is 9.22. The Labute approximate surface area is 199 Å². The second-order valence-electron chi connectivity index (χ2n) is 8.12. The first-order chi connectivity index (χ1) is 16.5. The van der Waals surface area contributed by atoms with Gasteiger partial charge in [0.05, 0.1) is 17.2 Å². The fraction of sp³-hybridized carbons (Fsp3) is 0.250. The molecule has 0 aliphatic carbocycles. The summed E-state index contributed by atoms with van der Waals surface area (Å²) in [4.78, 5) is 17.5. The van der Waals surface area contributed by atoms with Gasteiger partial charge in [-0.3, -0.25) is 4.79 Å². The third-order valence-electron chi connectivity index (χ3n) is 5.25. The standard InChI is InChI=1S/C24H22N6O3S/c1-14(2)20-25-21(33-29-20)15(3)34-24-27-26-22(32-24)19-17-11-7-8-12-18(17)23(31)30(28-19)13-16-9-5-4-6-10-16/h4-12,14-15H,13H2,1-3H3. The van der Waals surface area contributed by atoms with Gasteiger partial charge in [-0.05, 0) is 18.6 Å². The van der Waals surface area contributed by atoms with Crippen molar-refractivity contribution < 1.29 is 8.94 Å². The molecule has 9 nitrogen and oxygen atoms in total. The molecule has 0 saturated heterocycles. The van der Waals surface area contributed by atoms with Crippen LogP contribution >= 0.6 is 11.8 Å². The minimum atomic E-state index is -0.178. The molecule has 2 aromatic carbocycles. The van der Waals surface area contributed by atoms with E-state index in [1.54, 1.807) is 6.07 Å². The number of aromatic nitrogens is 6. The number of benzene rings is 2. The molecule has 0 N–H and O–H groups in total. The van der Waals surface area contributed by atoms with Crippen molar-refractivity contribution >= 4 is 22.5 Å². The number of hydrogen-bond donors (Lipinski definition) is 0. The van der Waals surface area contributed by atoms with Crippen LogP contribution in [0.3, 0.4) is 0 Å². The monoisotopic (exact) mass is 474 g/mol. The van der Waals surface area contributed by atoms with E-state index in [0.29, 0.717) is 39.9 Å². The van der Waals surface area contributed by atoms with Gasteiger partial charge in [0, 0.05) is 11.3 Å². The Bertz CT molecular complexity index is 1490. The summed E-state index contributed by atoms with van der Waals surface area (Å²) in [5.74, 6) is 1.56. The summed E-state index contributed by atoms with van der Waals surface area (Å²) in [6.07, 6.45) is 0. The molecule has 10 heteroatoms. The van der Waals surface area contributed by atoms with Crippen LogP contribution < -0.4 is 5.56 Å². The lowest BCUT2D eigenvalue weighted by molar-refractivity contribution is 0.372. The van der Waals surface area contributed by atoms with Crippen molar-refractivity contribution in [2.45, 2.75) is 43.7 Å². The third kappa shape index (κ3) is 4.36. The normalized spacial score (nSPS) is 12.5. The van der Waals surface area contributed by atoms with E-state index in [2.05, 4.69) is 25.4 Å². The zero-order chi connectivity index (χ0) is 23.7. The highest BCUT2D eigenvalue weighted by atomic mass is 32.2. The predicted octanol–water partition coefficient (Wildman–Crippen LogP) is 4.85. The van der Waals surface area contributed by atoms with Crippen molar-refractivity contribution in [1.82, 2.24) is 30.1 Å². The molecule has 5 rings (SSSR count). The zero-order valence-corrected chi connectivity index (χ0v) is 19.7. The molecule has 0 fully saturated rings. The first-order valence-electron chi connectivity index (χ1n) is 10.9. The van der Waals surface area contributed by atoms with E-state index in [4.69, 9.17) is 8.94 Å². The van der Waals surface area contributed by atoms with Crippen molar-refractivity contribution in [3.8, 4) is 11.6 Å². The second-order valence-corrected chi connectivity index (χ2v) is 9.41. The molecule has 0 saturated carbocycles. The van der Waals surface area contributed by atoms with E-state index in [1.807, 2.05) is 69.3 Å². The van der Waals surface area contributed by atoms with Gasteiger partial charge in [-0.15, -0.1) is 10.2 Å². The minimum Gasteiger partial charge on any atom is -0.409 e. The van der Waals surface area contributed by atoms with Crippen molar-refractivity contribution in [3.63, 3.8) is 0 Å². The molecule has 172 valence electrons. The van der Waals surface area contributed by atoms with Crippen LogP contribution in [0.5, 0.6) is 0 Å². The first-order valence-corrected chi connectivity index (χ1v) is 11.8. The van der Waals surface area contributed by atoms with Gasteiger partial charge in [-0.1, -0.05) is 79.3 Å². The maximum Gasteiger partial charge on any atom is 0.277 e. The van der Waals surface area contributed by atoms with Gasteiger partial charge >= 0.3 is 0 Å². The largest absolute Gasteiger partial charge is 0.409 e. The van der Waals surface area contributed by atoms with E-state index in [1.165, 1.54) is 16.4 Å². The molecule has 0 bridgehead atoms. The molecule has 0 spiro atoms. The van der Waals surface area contributed by atoms with Crippen molar-refractivity contribution in [3.05, 3.63) is 82.2 Å². The molecular weight excluding hydrogens is 452 g/mol. The van der Waals surface area contributed by atoms with Gasteiger partial charge in [0.1, 0.15) is 0 Å². The number of nitrogens with zero attached hydrogens (tertiary/aromatic N) is 6. The quantitative estimate of drug-likeness (QED) is 0.305. The summed E-state index contributed by atoms with van der Waals surface area (Å²) in [5, 5.41) is 18.4. The van der Waals surface area contributed by atoms with E-state index in [0.717, 1.165) is 5.56 Å². The van der Waals surface area contributed by atoms with E-state index in [9.17, 15) is 4.79 Å². The van der Waals surface area contributed by atoms with Gasteiger partial charge in [-0.2, -0.15) is 10.1 Å². The first kappa shape index (κ1) is 22.0. The topological polar surface area (TPSA) is 113 Å². The molecule has 3 heterocycles. The summed E-state index contributed by atoms with van der Waals surface area (Å²) >= 11 is 1.32. The molecule has 34 heavy (non-hydrogen) atoms. The van der Waals surface area contributed by atoms with Crippen LogP contribution in [-0.2, 0) is 6.54 Å². The van der Waals surface area contributed by atoms with Crippen LogP contribution in [0.25, 0.3) is 22.4 Å². The average molecular weight is 475 g/mol.